The number of rotatable bonds is 6. The van der Waals surface area contributed by atoms with Crippen molar-refractivity contribution in [3.8, 4) is 6.07 Å². The molecule has 2 aliphatic rings. The van der Waals surface area contributed by atoms with Gasteiger partial charge in [-0.25, -0.2) is 9.37 Å². The molecule has 1 aromatic carbocycles. The summed E-state index contributed by atoms with van der Waals surface area (Å²) < 4.78 is 15.5. The molecule has 0 saturated heterocycles. The smallest absolute Gasteiger partial charge is 0.252 e. The van der Waals surface area contributed by atoms with Crippen molar-refractivity contribution >= 4 is 22.4 Å². The van der Waals surface area contributed by atoms with Gasteiger partial charge in [-0.1, -0.05) is 6.07 Å². The Morgan fingerprint density at radius 1 is 1.09 bits per heavy atom. The molecule has 176 valence electrons. The lowest BCUT2D eigenvalue weighted by Gasteiger charge is -2.41. The first-order valence-corrected chi connectivity index (χ1v) is 12.1. The van der Waals surface area contributed by atoms with Gasteiger partial charge in [0.15, 0.2) is 0 Å². The highest BCUT2D eigenvalue weighted by Gasteiger charge is 2.32. The first kappa shape index (κ1) is 22.4. The molecule has 2 aliphatic carbocycles. The highest BCUT2D eigenvalue weighted by atomic mass is 19.1. The fourth-order valence-corrected chi connectivity index (χ4v) is 5.30. The van der Waals surface area contributed by atoms with E-state index in [1.54, 1.807) is 41.9 Å². The van der Waals surface area contributed by atoms with E-state index in [4.69, 9.17) is 0 Å². The molecule has 0 atom stereocenters. The van der Waals surface area contributed by atoms with Crippen LogP contribution in [-0.2, 0) is 7.05 Å². The number of nitrogens with zero attached hydrogens (tertiary/aromatic N) is 5. The Morgan fingerprint density at radius 3 is 2.50 bits per heavy atom. The number of halogens is 1. The third kappa shape index (κ3) is 4.37. The Labute approximate surface area is 199 Å². The molecule has 2 heterocycles. The highest BCUT2D eigenvalue weighted by Crippen LogP contribution is 2.37. The SMILES string of the molecule is CN(c1cc(=O)n(C)c2ccc(C#N)nc12)C1CCC(N(CC2CC2)c2cccc(F)c2)CC1. The number of anilines is 2. The largest absolute Gasteiger partial charge is 0.370 e. The lowest BCUT2D eigenvalue weighted by molar-refractivity contribution is 0.365. The maximum absolute atomic E-state index is 14.0. The van der Waals surface area contributed by atoms with Gasteiger partial charge < -0.3 is 14.4 Å². The van der Waals surface area contributed by atoms with Gasteiger partial charge in [0.1, 0.15) is 23.1 Å². The second-order valence-corrected chi connectivity index (χ2v) is 9.75. The average molecular weight is 460 g/mol. The fourth-order valence-electron chi connectivity index (χ4n) is 5.30. The van der Waals surface area contributed by atoms with E-state index >= 15 is 0 Å². The number of fused-ring (bicyclic) bond motifs is 1. The van der Waals surface area contributed by atoms with Crippen LogP contribution in [0.3, 0.4) is 0 Å². The Balaban J connectivity index is 1.37. The van der Waals surface area contributed by atoms with Crippen LogP contribution in [0.2, 0.25) is 0 Å². The van der Waals surface area contributed by atoms with Gasteiger partial charge in [-0.2, -0.15) is 5.26 Å². The second kappa shape index (κ2) is 9.09. The zero-order valence-electron chi connectivity index (χ0n) is 19.7. The molecule has 0 spiro atoms. The lowest BCUT2D eigenvalue weighted by atomic mass is 9.88. The van der Waals surface area contributed by atoms with Crippen LogP contribution in [0.4, 0.5) is 15.8 Å². The Hall–Kier alpha value is -3.40. The van der Waals surface area contributed by atoms with Crippen LogP contribution in [-0.4, -0.2) is 35.2 Å². The highest BCUT2D eigenvalue weighted by molar-refractivity contribution is 5.88. The van der Waals surface area contributed by atoms with Crippen LogP contribution in [0.15, 0.2) is 47.3 Å². The standard InChI is InChI=1S/C27H30FN5O/c1-31(25-15-26(34)32(2)24-13-8-20(16-29)30-27(24)25)21-9-11-22(12-10-21)33(17-18-6-7-18)23-5-3-4-19(28)14-23/h3-5,8,13-15,18,21-22H,6-7,9-12,17H2,1-2H3. The van der Waals surface area contributed by atoms with Crippen LogP contribution in [0.1, 0.15) is 44.2 Å². The molecular weight excluding hydrogens is 429 g/mol. The predicted molar refractivity (Wildman–Crippen MR) is 133 cm³/mol. The zero-order chi connectivity index (χ0) is 23.8. The number of pyridine rings is 2. The fraction of sp³-hybridized carbons (Fsp3) is 0.444. The molecule has 2 aromatic heterocycles. The maximum atomic E-state index is 14.0. The number of benzene rings is 1. The monoisotopic (exact) mass is 459 g/mol. The van der Waals surface area contributed by atoms with E-state index in [2.05, 4.69) is 20.9 Å². The molecule has 0 radical (unpaired) electrons. The maximum Gasteiger partial charge on any atom is 0.252 e. The van der Waals surface area contributed by atoms with E-state index in [0.717, 1.165) is 55.0 Å². The number of hydrogen-bond donors (Lipinski definition) is 0. The van der Waals surface area contributed by atoms with Gasteiger partial charge >= 0.3 is 0 Å². The summed E-state index contributed by atoms with van der Waals surface area (Å²) in [5, 5.41) is 9.34. The summed E-state index contributed by atoms with van der Waals surface area (Å²) in [6, 6.07) is 14.8. The first-order valence-electron chi connectivity index (χ1n) is 12.1. The van der Waals surface area contributed by atoms with Gasteiger partial charge in [-0.3, -0.25) is 4.79 Å². The summed E-state index contributed by atoms with van der Waals surface area (Å²) in [6.07, 6.45) is 6.50. The minimum Gasteiger partial charge on any atom is -0.370 e. The van der Waals surface area contributed by atoms with Gasteiger partial charge in [0.2, 0.25) is 0 Å². The van der Waals surface area contributed by atoms with E-state index in [1.807, 2.05) is 13.1 Å². The molecule has 0 unspecified atom stereocenters. The second-order valence-electron chi connectivity index (χ2n) is 9.75. The van der Waals surface area contributed by atoms with Crippen LogP contribution < -0.4 is 15.4 Å². The molecule has 0 N–H and O–H groups in total. The van der Waals surface area contributed by atoms with E-state index < -0.39 is 0 Å². The molecule has 34 heavy (non-hydrogen) atoms. The van der Waals surface area contributed by atoms with Crippen LogP contribution in [0.25, 0.3) is 11.0 Å². The van der Waals surface area contributed by atoms with Crippen LogP contribution in [0.5, 0.6) is 0 Å². The predicted octanol–water partition coefficient (Wildman–Crippen LogP) is 4.61. The van der Waals surface area contributed by atoms with Gasteiger partial charge in [0.25, 0.3) is 5.56 Å². The van der Waals surface area contributed by atoms with Crippen molar-refractivity contribution in [2.24, 2.45) is 13.0 Å². The molecule has 5 rings (SSSR count). The van der Waals surface area contributed by atoms with Gasteiger partial charge in [0, 0.05) is 44.5 Å². The molecule has 2 fully saturated rings. The first-order chi connectivity index (χ1) is 16.4. The van der Waals surface area contributed by atoms with Gasteiger partial charge in [-0.05, 0) is 74.8 Å². The summed E-state index contributed by atoms with van der Waals surface area (Å²) in [5.74, 6) is 0.532. The van der Waals surface area contributed by atoms with Crippen molar-refractivity contribution in [2.45, 2.75) is 50.6 Å². The van der Waals surface area contributed by atoms with E-state index in [-0.39, 0.29) is 17.4 Å². The van der Waals surface area contributed by atoms with Crippen molar-refractivity contribution in [3.63, 3.8) is 0 Å². The number of aromatic nitrogens is 2. The van der Waals surface area contributed by atoms with Crippen molar-refractivity contribution in [1.82, 2.24) is 9.55 Å². The van der Waals surface area contributed by atoms with E-state index in [9.17, 15) is 14.4 Å². The van der Waals surface area contributed by atoms with Gasteiger partial charge in [-0.15, -0.1) is 0 Å². The van der Waals surface area contributed by atoms with Crippen molar-refractivity contribution in [2.75, 3.05) is 23.4 Å². The topological polar surface area (TPSA) is 65.2 Å². The Bertz CT molecular complexity index is 1300. The van der Waals surface area contributed by atoms with Gasteiger partial charge in [0.05, 0.1) is 11.2 Å². The summed E-state index contributed by atoms with van der Waals surface area (Å²) in [5.41, 5.74) is 3.42. The minimum atomic E-state index is -0.187. The van der Waals surface area contributed by atoms with Crippen LogP contribution in [0, 0.1) is 23.1 Å². The minimum absolute atomic E-state index is 0.0868. The van der Waals surface area contributed by atoms with Crippen molar-refractivity contribution < 1.29 is 4.39 Å². The quantitative estimate of drug-likeness (QED) is 0.539. The summed E-state index contributed by atoms with van der Waals surface area (Å²) in [7, 11) is 3.75. The summed E-state index contributed by atoms with van der Waals surface area (Å²) >= 11 is 0. The molecule has 0 aliphatic heterocycles. The molecular formula is C27H30FN5O. The van der Waals surface area contributed by atoms with Crippen molar-refractivity contribution in [3.05, 3.63) is 64.3 Å². The molecule has 6 nitrogen and oxygen atoms in total. The lowest BCUT2D eigenvalue weighted by Crippen LogP contribution is -2.44. The molecule has 0 bridgehead atoms. The molecule has 7 heteroatoms. The Kier molecular flexibility index (Phi) is 5.99. The summed E-state index contributed by atoms with van der Waals surface area (Å²) in [4.78, 5) is 21.8. The molecule has 3 aromatic rings. The average Bonchev–Trinajstić information content (AvgIpc) is 3.68. The third-order valence-electron chi connectivity index (χ3n) is 7.51. The summed E-state index contributed by atoms with van der Waals surface area (Å²) in [6.45, 7) is 0.995. The third-order valence-corrected chi connectivity index (χ3v) is 7.51. The van der Waals surface area contributed by atoms with E-state index in [1.165, 1.54) is 18.9 Å². The Morgan fingerprint density at radius 2 is 1.82 bits per heavy atom. The van der Waals surface area contributed by atoms with Crippen molar-refractivity contribution in [1.29, 1.82) is 5.26 Å². The van der Waals surface area contributed by atoms with E-state index in [0.29, 0.717) is 17.3 Å². The molecule has 2 saturated carbocycles. The number of hydrogen-bond acceptors (Lipinski definition) is 5. The molecule has 0 amide bonds. The number of aryl methyl sites for hydroxylation is 1. The number of nitriles is 1. The zero-order valence-corrected chi connectivity index (χ0v) is 19.7. The van der Waals surface area contributed by atoms with Crippen LogP contribution >= 0.6 is 0 Å². The normalized spacial score (nSPS) is 20.2.